The Labute approximate surface area is 106 Å². The summed E-state index contributed by atoms with van der Waals surface area (Å²) in [4.78, 5) is 13.3. The lowest BCUT2D eigenvalue weighted by molar-refractivity contribution is -0.128. The number of benzene rings is 1. The average molecular weight is 251 g/mol. The molecule has 1 saturated heterocycles. The van der Waals surface area contributed by atoms with Crippen molar-refractivity contribution in [2.75, 3.05) is 20.8 Å². The minimum absolute atomic E-state index is 0.0348. The highest BCUT2D eigenvalue weighted by Gasteiger charge is 2.28. The summed E-state index contributed by atoms with van der Waals surface area (Å²) in [6.07, 6.45) is -0.360. The highest BCUT2D eigenvalue weighted by molar-refractivity contribution is 5.79. The second-order valence-electron chi connectivity index (χ2n) is 4.31. The van der Waals surface area contributed by atoms with E-state index in [4.69, 9.17) is 9.47 Å². The number of methoxy groups -OCH3 is 2. The molecule has 0 bridgehead atoms. The van der Waals surface area contributed by atoms with Gasteiger partial charge in [-0.15, -0.1) is 0 Å². The van der Waals surface area contributed by atoms with E-state index < -0.39 is 6.10 Å². The van der Waals surface area contributed by atoms with Crippen LogP contribution >= 0.6 is 0 Å². The molecule has 1 unspecified atom stereocenters. The van der Waals surface area contributed by atoms with Gasteiger partial charge in [-0.05, 0) is 18.2 Å². The Balaban J connectivity index is 2.19. The predicted molar refractivity (Wildman–Crippen MR) is 65.6 cm³/mol. The molecule has 5 nitrogen and oxygen atoms in total. The van der Waals surface area contributed by atoms with E-state index in [0.717, 1.165) is 11.3 Å². The molecule has 1 fully saturated rings. The highest BCUT2D eigenvalue weighted by Crippen LogP contribution is 2.26. The van der Waals surface area contributed by atoms with Crippen molar-refractivity contribution in [3.63, 3.8) is 0 Å². The first-order valence-electron chi connectivity index (χ1n) is 5.80. The molecule has 1 aliphatic rings. The molecule has 1 heterocycles. The standard InChI is InChI=1S/C13H17NO4/c1-17-11-3-4-12(18-2)9(5-11)7-14-8-10(15)6-13(14)16/h3-5,10,15H,6-8H2,1-2H3. The number of β-amino-alcohol motifs (C(OH)–C–C–N with tert-alkyl or cyclic N) is 1. The Bertz CT molecular complexity index is 447. The van der Waals surface area contributed by atoms with E-state index in [1.807, 2.05) is 18.2 Å². The number of aliphatic hydroxyl groups is 1. The van der Waals surface area contributed by atoms with Gasteiger partial charge in [0.1, 0.15) is 11.5 Å². The normalized spacial score (nSPS) is 19.2. The van der Waals surface area contributed by atoms with Gasteiger partial charge in [0.05, 0.1) is 26.7 Å². The van der Waals surface area contributed by atoms with Crippen molar-refractivity contribution in [1.82, 2.24) is 4.90 Å². The monoisotopic (exact) mass is 251 g/mol. The molecule has 0 radical (unpaired) electrons. The van der Waals surface area contributed by atoms with Gasteiger partial charge in [0.15, 0.2) is 0 Å². The van der Waals surface area contributed by atoms with Crippen molar-refractivity contribution >= 4 is 5.91 Å². The smallest absolute Gasteiger partial charge is 0.225 e. The molecule has 1 aliphatic heterocycles. The van der Waals surface area contributed by atoms with E-state index in [9.17, 15) is 9.90 Å². The molecule has 0 aliphatic carbocycles. The van der Waals surface area contributed by atoms with Crippen molar-refractivity contribution in [1.29, 1.82) is 0 Å². The highest BCUT2D eigenvalue weighted by atomic mass is 16.5. The lowest BCUT2D eigenvalue weighted by Crippen LogP contribution is -2.25. The van der Waals surface area contributed by atoms with Crippen molar-refractivity contribution in [3.05, 3.63) is 23.8 Å². The molecule has 1 amide bonds. The number of hydrogen-bond acceptors (Lipinski definition) is 4. The van der Waals surface area contributed by atoms with Gasteiger partial charge in [-0.1, -0.05) is 0 Å². The average Bonchev–Trinajstić information content (AvgIpc) is 2.67. The summed E-state index contributed by atoms with van der Waals surface area (Å²) in [6, 6.07) is 5.46. The Hall–Kier alpha value is -1.75. The third-order valence-corrected chi connectivity index (χ3v) is 3.04. The lowest BCUT2D eigenvalue weighted by Gasteiger charge is -2.18. The van der Waals surface area contributed by atoms with Crippen molar-refractivity contribution in [3.8, 4) is 11.5 Å². The second kappa shape index (κ2) is 5.27. The van der Waals surface area contributed by atoms with E-state index in [1.165, 1.54) is 0 Å². The van der Waals surface area contributed by atoms with Crippen LogP contribution in [0.1, 0.15) is 12.0 Å². The minimum atomic E-state index is -0.561. The molecule has 1 atom stereocenters. The van der Waals surface area contributed by atoms with E-state index in [-0.39, 0.29) is 12.3 Å². The van der Waals surface area contributed by atoms with Gasteiger partial charge in [-0.2, -0.15) is 0 Å². The van der Waals surface area contributed by atoms with E-state index >= 15 is 0 Å². The van der Waals surface area contributed by atoms with Crippen LogP contribution in [0.2, 0.25) is 0 Å². The molecule has 0 saturated carbocycles. The molecule has 0 spiro atoms. The molecule has 1 aromatic carbocycles. The topological polar surface area (TPSA) is 59.0 Å². The zero-order chi connectivity index (χ0) is 13.1. The van der Waals surface area contributed by atoms with E-state index in [1.54, 1.807) is 19.1 Å². The summed E-state index contributed by atoms with van der Waals surface area (Å²) in [6.45, 7) is 0.801. The van der Waals surface area contributed by atoms with Gasteiger partial charge < -0.3 is 19.5 Å². The van der Waals surface area contributed by atoms with Crippen LogP contribution in [0.5, 0.6) is 11.5 Å². The van der Waals surface area contributed by atoms with Gasteiger partial charge in [-0.3, -0.25) is 4.79 Å². The van der Waals surface area contributed by atoms with Crippen LogP contribution in [0, 0.1) is 0 Å². The first kappa shape index (κ1) is 12.7. The SMILES string of the molecule is COc1ccc(OC)c(CN2CC(O)CC2=O)c1. The maximum absolute atomic E-state index is 11.6. The van der Waals surface area contributed by atoms with Gasteiger partial charge in [0, 0.05) is 18.7 Å². The Morgan fingerprint density at radius 1 is 1.39 bits per heavy atom. The largest absolute Gasteiger partial charge is 0.497 e. The Morgan fingerprint density at radius 2 is 2.17 bits per heavy atom. The number of aliphatic hydroxyl groups excluding tert-OH is 1. The number of likely N-dealkylation sites (tertiary alicyclic amines) is 1. The number of rotatable bonds is 4. The third kappa shape index (κ3) is 2.56. The number of hydrogen-bond donors (Lipinski definition) is 1. The van der Waals surface area contributed by atoms with Crippen LogP contribution in [-0.2, 0) is 11.3 Å². The number of amides is 1. The summed E-state index contributed by atoms with van der Waals surface area (Å²) in [7, 11) is 3.18. The summed E-state index contributed by atoms with van der Waals surface area (Å²) in [5.74, 6) is 1.40. The number of carbonyl (C=O) groups is 1. The zero-order valence-electron chi connectivity index (χ0n) is 10.5. The van der Waals surface area contributed by atoms with E-state index in [0.29, 0.717) is 18.8 Å². The van der Waals surface area contributed by atoms with Crippen molar-refractivity contribution < 1.29 is 19.4 Å². The van der Waals surface area contributed by atoms with Crippen LogP contribution < -0.4 is 9.47 Å². The van der Waals surface area contributed by atoms with Crippen LogP contribution in [0.3, 0.4) is 0 Å². The molecule has 5 heteroatoms. The molecule has 98 valence electrons. The third-order valence-electron chi connectivity index (χ3n) is 3.04. The molecule has 18 heavy (non-hydrogen) atoms. The second-order valence-corrected chi connectivity index (χ2v) is 4.31. The molecular formula is C13H17NO4. The minimum Gasteiger partial charge on any atom is -0.497 e. The van der Waals surface area contributed by atoms with E-state index in [2.05, 4.69) is 0 Å². The zero-order valence-corrected chi connectivity index (χ0v) is 10.5. The number of ether oxygens (including phenoxy) is 2. The van der Waals surface area contributed by atoms with Crippen LogP contribution in [0.25, 0.3) is 0 Å². The molecular weight excluding hydrogens is 234 g/mol. The summed E-state index contributed by atoms with van der Waals surface area (Å²) < 4.78 is 10.4. The first-order valence-corrected chi connectivity index (χ1v) is 5.80. The van der Waals surface area contributed by atoms with Gasteiger partial charge in [0.2, 0.25) is 5.91 Å². The van der Waals surface area contributed by atoms with Gasteiger partial charge in [-0.25, -0.2) is 0 Å². The molecule has 1 N–H and O–H groups in total. The fraction of sp³-hybridized carbons (Fsp3) is 0.462. The summed E-state index contributed by atoms with van der Waals surface area (Å²) >= 11 is 0. The molecule has 0 aromatic heterocycles. The molecule has 1 aromatic rings. The maximum atomic E-state index is 11.6. The molecule has 2 rings (SSSR count). The summed E-state index contributed by atoms with van der Waals surface area (Å²) in [5, 5.41) is 9.46. The maximum Gasteiger partial charge on any atom is 0.225 e. The first-order chi connectivity index (χ1) is 8.63. The van der Waals surface area contributed by atoms with Gasteiger partial charge >= 0.3 is 0 Å². The Kier molecular flexibility index (Phi) is 3.72. The fourth-order valence-corrected chi connectivity index (χ4v) is 2.12. The van der Waals surface area contributed by atoms with Crippen molar-refractivity contribution in [2.24, 2.45) is 0 Å². The van der Waals surface area contributed by atoms with Gasteiger partial charge in [0.25, 0.3) is 0 Å². The number of carbonyl (C=O) groups excluding carboxylic acids is 1. The van der Waals surface area contributed by atoms with Crippen LogP contribution in [0.4, 0.5) is 0 Å². The summed E-state index contributed by atoms with van der Waals surface area (Å²) in [5.41, 5.74) is 0.874. The van der Waals surface area contributed by atoms with Crippen molar-refractivity contribution in [2.45, 2.75) is 19.1 Å². The Morgan fingerprint density at radius 3 is 2.72 bits per heavy atom. The lowest BCUT2D eigenvalue weighted by atomic mass is 10.1. The van der Waals surface area contributed by atoms with Crippen LogP contribution in [0.15, 0.2) is 18.2 Å². The van der Waals surface area contributed by atoms with Crippen LogP contribution in [-0.4, -0.2) is 42.8 Å². The quantitative estimate of drug-likeness (QED) is 0.859. The predicted octanol–water partition coefficient (Wildman–Crippen LogP) is 0.797. The number of nitrogens with zero attached hydrogens (tertiary/aromatic N) is 1. The fourth-order valence-electron chi connectivity index (χ4n) is 2.12.